The minimum absolute atomic E-state index is 0. The van der Waals surface area contributed by atoms with Gasteiger partial charge in [-0.15, -0.1) is 0 Å². The van der Waals surface area contributed by atoms with Gasteiger partial charge in [0.1, 0.15) is 31.9 Å². The van der Waals surface area contributed by atoms with Crippen LogP contribution in [0.2, 0.25) is 0 Å². The molecule has 1 unspecified atom stereocenters. The van der Waals surface area contributed by atoms with Crippen molar-refractivity contribution in [3.63, 3.8) is 0 Å². The van der Waals surface area contributed by atoms with Gasteiger partial charge in [0.25, 0.3) is 0 Å². The molecule has 1 aliphatic heterocycles. The Labute approximate surface area is 267 Å². The lowest BCUT2D eigenvalue weighted by Crippen LogP contribution is -3.00. The summed E-state index contributed by atoms with van der Waals surface area (Å²) in [6, 6.07) is 5.88. The third-order valence-corrected chi connectivity index (χ3v) is 8.21. The second-order valence-electron chi connectivity index (χ2n) is 11.8. The molecule has 0 aliphatic carbocycles. The highest BCUT2D eigenvalue weighted by atomic mass is 35.5. The number of ether oxygens (including phenoxy) is 3. The molecule has 1 saturated heterocycles. The van der Waals surface area contributed by atoms with Gasteiger partial charge in [0.15, 0.2) is 6.20 Å². The van der Waals surface area contributed by atoms with Crippen molar-refractivity contribution in [3.05, 3.63) is 30.1 Å². The third kappa shape index (κ3) is 18.4. The highest BCUT2D eigenvalue weighted by Crippen LogP contribution is 2.26. The molecule has 9 heteroatoms. The van der Waals surface area contributed by atoms with Crippen LogP contribution in [0.5, 0.6) is 0 Å². The molecule has 0 bridgehead atoms. The monoisotopic (exact) mass is 625 g/mol. The standard InChI is InChI=1S/C34H59N3O5.ClH/c1-3-5-6-7-8-9-10-11-12-13-14-15-16-17-18-20-25-35-32(38)40-29-34(24-22-27-42-34)30-41-33(39)36-28-31-23-19-21-26-37(31)4-2;/h19,21,23,26H,3-18,20,22,24-25,27-30H2,1-2H3,(H-,35,36,38,39);1H. The van der Waals surface area contributed by atoms with Gasteiger partial charge in [-0.05, 0) is 26.2 Å². The molecule has 0 saturated carbocycles. The molecule has 2 N–H and O–H groups in total. The van der Waals surface area contributed by atoms with Gasteiger partial charge in [0, 0.05) is 25.3 Å². The van der Waals surface area contributed by atoms with E-state index in [0.717, 1.165) is 31.5 Å². The molecule has 2 heterocycles. The van der Waals surface area contributed by atoms with Gasteiger partial charge in [0.2, 0.25) is 5.69 Å². The molecule has 0 radical (unpaired) electrons. The van der Waals surface area contributed by atoms with E-state index in [1.165, 1.54) is 89.9 Å². The van der Waals surface area contributed by atoms with Crippen LogP contribution in [-0.2, 0) is 27.3 Å². The molecule has 8 nitrogen and oxygen atoms in total. The van der Waals surface area contributed by atoms with Gasteiger partial charge in [-0.25, -0.2) is 14.2 Å². The smallest absolute Gasteiger partial charge is 0.407 e. The number of aromatic nitrogens is 1. The average molecular weight is 626 g/mol. The zero-order valence-corrected chi connectivity index (χ0v) is 27.9. The zero-order chi connectivity index (χ0) is 30.1. The SMILES string of the molecule is CCCCCCCCCCCCCCCCCCNC(=O)OCC1(COC(=O)NCc2cccc[n+]2CC)CCCO1.[Cl-]. The number of hydrogen-bond donors (Lipinski definition) is 2. The number of alkyl carbamates (subject to hydrolysis) is 2. The summed E-state index contributed by atoms with van der Waals surface area (Å²) in [4.78, 5) is 24.6. The first-order valence-electron chi connectivity index (χ1n) is 17.0. The minimum atomic E-state index is -0.779. The molecule has 2 rings (SSSR count). The van der Waals surface area contributed by atoms with Crippen molar-refractivity contribution < 1.29 is 40.8 Å². The van der Waals surface area contributed by atoms with E-state index < -0.39 is 17.8 Å². The van der Waals surface area contributed by atoms with Crippen molar-refractivity contribution in [2.45, 2.75) is 148 Å². The maximum Gasteiger partial charge on any atom is 0.407 e. The van der Waals surface area contributed by atoms with Crippen LogP contribution in [0, 0.1) is 0 Å². The van der Waals surface area contributed by atoms with Crippen molar-refractivity contribution in [2.75, 3.05) is 26.4 Å². The lowest BCUT2D eigenvalue weighted by atomic mass is 10.0. The molecule has 2 amide bonds. The number of carbonyl (C=O) groups excluding carboxylic acids is 2. The van der Waals surface area contributed by atoms with Gasteiger partial charge in [-0.1, -0.05) is 109 Å². The van der Waals surface area contributed by atoms with Crippen molar-refractivity contribution in [3.8, 4) is 0 Å². The number of carbonyl (C=O) groups is 2. The number of nitrogens with zero attached hydrogens (tertiary/aromatic N) is 1. The Bertz CT molecular complexity index is 851. The summed E-state index contributed by atoms with van der Waals surface area (Å²) in [7, 11) is 0. The third-order valence-electron chi connectivity index (χ3n) is 8.21. The Hall–Kier alpha value is -2.06. The summed E-state index contributed by atoms with van der Waals surface area (Å²) in [6.07, 6.45) is 23.8. The van der Waals surface area contributed by atoms with Gasteiger partial charge >= 0.3 is 12.2 Å². The van der Waals surface area contributed by atoms with E-state index in [0.29, 0.717) is 26.1 Å². The van der Waals surface area contributed by atoms with E-state index in [9.17, 15) is 9.59 Å². The number of nitrogens with one attached hydrogen (secondary N) is 2. The number of pyridine rings is 1. The van der Waals surface area contributed by atoms with Gasteiger partial charge in [0.05, 0.1) is 0 Å². The second-order valence-corrected chi connectivity index (χ2v) is 11.8. The first-order chi connectivity index (χ1) is 20.6. The second kappa shape index (κ2) is 25.3. The zero-order valence-electron chi connectivity index (χ0n) is 27.1. The summed E-state index contributed by atoms with van der Waals surface area (Å²) in [5.74, 6) is 0. The first kappa shape index (κ1) is 39.0. The Morgan fingerprint density at radius 3 is 1.84 bits per heavy atom. The van der Waals surface area contributed by atoms with E-state index in [-0.39, 0.29) is 25.6 Å². The normalized spacial score (nSPS) is 16.0. The fraction of sp³-hybridized carbons (Fsp3) is 0.794. The molecule has 1 fully saturated rings. The van der Waals surface area contributed by atoms with E-state index in [4.69, 9.17) is 14.2 Å². The molecule has 1 atom stereocenters. The highest BCUT2D eigenvalue weighted by Gasteiger charge is 2.38. The van der Waals surface area contributed by atoms with Gasteiger partial charge < -0.3 is 37.3 Å². The van der Waals surface area contributed by atoms with E-state index in [2.05, 4.69) is 29.0 Å². The summed E-state index contributed by atoms with van der Waals surface area (Å²) < 4.78 is 18.8. The Balaban J connectivity index is 0.00000924. The lowest BCUT2D eigenvalue weighted by Gasteiger charge is -2.27. The fourth-order valence-corrected chi connectivity index (χ4v) is 5.53. The number of rotatable bonds is 24. The van der Waals surface area contributed by atoms with Crippen LogP contribution >= 0.6 is 0 Å². The van der Waals surface area contributed by atoms with Crippen molar-refractivity contribution in [1.29, 1.82) is 0 Å². The summed E-state index contributed by atoms with van der Waals surface area (Å²) in [6.45, 7) is 6.82. The largest absolute Gasteiger partial charge is 1.00 e. The number of unbranched alkanes of at least 4 members (excludes halogenated alkanes) is 15. The number of aryl methyl sites for hydroxylation is 1. The van der Waals surface area contributed by atoms with Crippen LogP contribution < -0.4 is 27.6 Å². The molecular formula is C34H60ClN3O5. The first-order valence-corrected chi connectivity index (χ1v) is 17.0. The van der Waals surface area contributed by atoms with E-state index >= 15 is 0 Å². The number of hydrogen-bond acceptors (Lipinski definition) is 5. The van der Waals surface area contributed by atoms with Crippen LogP contribution in [0.15, 0.2) is 24.4 Å². The fourth-order valence-electron chi connectivity index (χ4n) is 5.53. The Morgan fingerprint density at radius 1 is 0.791 bits per heavy atom. The summed E-state index contributed by atoms with van der Waals surface area (Å²) >= 11 is 0. The predicted octanol–water partition coefficient (Wildman–Crippen LogP) is 4.76. The van der Waals surface area contributed by atoms with E-state index in [1.807, 2.05) is 24.4 Å². The van der Waals surface area contributed by atoms with Crippen LogP contribution in [0.4, 0.5) is 9.59 Å². The predicted molar refractivity (Wildman–Crippen MR) is 167 cm³/mol. The van der Waals surface area contributed by atoms with Crippen molar-refractivity contribution in [2.24, 2.45) is 0 Å². The number of halogens is 1. The molecule has 0 spiro atoms. The molecule has 43 heavy (non-hydrogen) atoms. The van der Waals surface area contributed by atoms with Crippen molar-refractivity contribution in [1.82, 2.24) is 10.6 Å². The topological polar surface area (TPSA) is 89.8 Å². The Morgan fingerprint density at radius 2 is 1.33 bits per heavy atom. The quantitative estimate of drug-likeness (QED) is 0.128. The molecule has 1 aromatic rings. The minimum Gasteiger partial charge on any atom is -1.00 e. The lowest BCUT2D eigenvalue weighted by molar-refractivity contribution is -0.701. The molecule has 1 aromatic heterocycles. The summed E-state index contributed by atoms with van der Waals surface area (Å²) in [5, 5.41) is 5.64. The van der Waals surface area contributed by atoms with Crippen LogP contribution in [0.25, 0.3) is 0 Å². The van der Waals surface area contributed by atoms with Gasteiger partial charge in [-0.2, -0.15) is 0 Å². The Kier molecular flexibility index (Phi) is 22.9. The highest BCUT2D eigenvalue weighted by molar-refractivity contribution is 5.67. The average Bonchev–Trinajstić information content (AvgIpc) is 3.48. The molecular weight excluding hydrogens is 566 g/mol. The molecule has 0 aromatic carbocycles. The van der Waals surface area contributed by atoms with Crippen LogP contribution in [0.3, 0.4) is 0 Å². The maximum atomic E-state index is 12.3. The van der Waals surface area contributed by atoms with Crippen LogP contribution in [-0.4, -0.2) is 44.2 Å². The number of amides is 2. The summed E-state index contributed by atoms with van der Waals surface area (Å²) in [5.41, 5.74) is 0.215. The molecule has 1 aliphatic rings. The van der Waals surface area contributed by atoms with Gasteiger partial charge in [-0.3, -0.25) is 0 Å². The molecule has 248 valence electrons. The van der Waals surface area contributed by atoms with Crippen LogP contribution in [0.1, 0.15) is 135 Å². The maximum absolute atomic E-state index is 12.3. The van der Waals surface area contributed by atoms with E-state index in [1.54, 1.807) is 0 Å². The van der Waals surface area contributed by atoms with Crippen molar-refractivity contribution >= 4 is 12.2 Å².